The molecule has 2 aromatic rings. The number of nitrogens with two attached hydrogens (primary N) is 1. The number of amides is 2. The van der Waals surface area contributed by atoms with Crippen molar-refractivity contribution >= 4 is 52.1 Å². The number of halogens is 1. The summed E-state index contributed by atoms with van der Waals surface area (Å²) in [6.07, 6.45) is 1.63. The van der Waals surface area contributed by atoms with Crippen molar-refractivity contribution in [3.63, 3.8) is 0 Å². The van der Waals surface area contributed by atoms with Crippen LogP contribution in [-0.2, 0) is 9.59 Å². The number of carbonyl (C=O) groups is 2. The number of hydrogen-bond donors (Lipinski definition) is 2. The smallest absolute Gasteiger partial charge is 0.264 e. The number of aliphatic imine (C=N–C) groups is 1. The minimum Gasteiger partial charge on any atom is -0.483 e. The van der Waals surface area contributed by atoms with E-state index in [2.05, 4.69) is 10.3 Å². The molecular weight excluding hydrogens is 374 g/mol. The Kier molecular flexibility index (Phi) is 5.60. The number of nitrogens with one attached hydrogen (secondary N) is 1. The van der Waals surface area contributed by atoms with E-state index in [0.29, 0.717) is 26.4 Å². The van der Waals surface area contributed by atoms with Crippen LogP contribution in [0, 0.1) is 0 Å². The highest BCUT2D eigenvalue weighted by Crippen LogP contribution is 2.31. The van der Waals surface area contributed by atoms with Gasteiger partial charge in [-0.2, -0.15) is 0 Å². The first kappa shape index (κ1) is 18.0. The van der Waals surface area contributed by atoms with Gasteiger partial charge in [0.25, 0.3) is 11.8 Å². The fourth-order valence-corrected chi connectivity index (χ4v) is 3.17. The molecule has 0 bridgehead atoms. The summed E-state index contributed by atoms with van der Waals surface area (Å²) >= 11 is 7.24. The van der Waals surface area contributed by atoms with Crippen LogP contribution < -0.4 is 15.8 Å². The molecule has 8 heteroatoms. The van der Waals surface area contributed by atoms with Crippen LogP contribution in [0.5, 0.6) is 5.75 Å². The Hall–Kier alpha value is -2.77. The number of hydrogen-bond acceptors (Lipinski definition) is 5. The van der Waals surface area contributed by atoms with Crippen molar-refractivity contribution < 1.29 is 14.3 Å². The highest BCUT2D eigenvalue weighted by molar-refractivity contribution is 8.18. The Balaban J connectivity index is 1.86. The lowest BCUT2D eigenvalue weighted by Gasteiger charge is -2.08. The average Bonchev–Trinajstić information content (AvgIpc) is 2.94. The molecule has 1 fully saturated rings. The lowest BCUT2D eigenvalue weighted by molar-refractivity contribution is -0.120. The molecule has 3 N–H and O–H groups in total. The Morgan fingerprint density at radius 3 is 2.77 bits per heavy atom. The summed E-state index contributed by atoms with van der Waals surface area (Å²) in [6, 6.07) is 14.2. The van der Waals surface area contributed by atoms with E-state index in [9.17, 15) is 9.59 Å². The Labute approximate surface area is 159 Å². The molecule has 6 nitrogen and oxygen atoms in total. The zero-order chi connectivity index (χ0) is 18.5. The van der Waals surface area contributed by atoms with Crippen LogP contribution in [0.4, 0.5) is 5.69 Å². The normalized spacial score (nSPS) is 16.7. The van der Waals surface area contributed by atoms with Gasteiger partial charge in [0, 0.05) is 10.6 Å². The third kappa shape index (κ3) is 4.65. The Bertz CT molecular complexity index is 913. The summed E-state index contributed by atoms with van der Waals surface area (Å²) in [5.74, 6) is -0.461. The second-order valence-corrected chi connectivity index (χ2v) is 6.72. The van der Waals surface area contributed by atoms with Gasteiger partial charge in [0.1, 0.15) is 5.75 Å². The maximum atomic E-state index is 12.2. The molecule has 0 spiro atoms. The highest BCUT2D eigenvalue weighted by atomic mass is 35.5. The summed E-state index contributed by atoms with van der Waals surface area (Å²) in [5.41, 5.74) is 6.42. The molecule has 26 heavy (non-hydrogen) atoms. The van der Waals surface area contributed by atoms with Crippen LogP contribution in [0.15, 0.2) is 58.4 Å². The largest absolute Gasteiger partial charge is 0.483 e. The van der Waals surface area contributed by atoms with Crippen LogP contribution in [-0.4, -0.2) is 23.6 Å². The molecule has 1 saturated heterocycles. The lowest BCUT2D eigenvalue weighted by Crippen LogP contribution is -2.20. The first-order chi connectivity index (χ1) is 12.5. The lowest BCUT2D eigenvalue weighted by atomic mass is 10.2. The first-order valence-electron chi connectivity index (χ1n) is 7.56. The third-order valence-electron chi connectivity index (χ3n) is 3.27. The molecule has 0 aliphatic carbocycles. The number of para-hydroxylation sites is 1. The van der Waals surface area contributed by atoms with Crippen LogP contribution in [0.1, 0.15) is 5.56 Å². The summed E-state index contributed by atoms with van der Waals surface area (Å²) in [7, 11) is 0. The Morgan fingerprint density at radius 2 is 2.04 bits per heavy atom. The van der Waals surface area contributed by atoms with Gasteiger partial charge in [0.05, 0.1) is 10.6 Å². The molecule has 1 heterocycles. The standard InChI is InChI=1S/C18H14ClN3O3S/c19-12-6-7-14(25-10-16(20)23)11(8-12)9-15-17(24)22-18(26-15)21-13-4-2-1-3-5-13/h1-9H,10H2,(H2,20,23)(H,21,22,24). The van der Waals surface area contributed by atoms with E-state index in [4.69, 9.17) is 22.1 Å². The van der Waals surface area contributed by atoms with Crippen LogP contribution in [0.3, 0.4) is 0 Å². The molecule has 2 amide bonds. The summed E-state index contributed by atoms with van der Waals surface area (Å²) < 4.78 is 5.37. The second-order valence-electron chi connectivity index (χ2n) is 5.25. The minimum absolute atomic E-state index is 0.266. The van der Waals surface area contributed by atoms with E-state index in [0.717, 1.165) is 5.69 Å². The average molecular weight is 388 g/mol. The van der Waals surface area contributed by atoms with E-state index in [1.807, 2.05) is 30.3 Å². The molecule has 1 aliphatic heterocycles. The zero-order valence-electron chi connectivity index (χ0n) is 13.4. The van der Waals surface area contributed by atoms with Gasteiger partial charge in [-0.3, -0.25) is 9.59 Å². The third-order valence-corrected chi connectivity index (χ3v) is 4.41. The number of amidine groups is 1. The minimum atomic E-state index is -0.594. The number of rotatable bonds is 5. The molecule has 1 aliphatic rings. The highest BCUT2D eigenvalue weighted by Gasteiger charge is 2.24. The molecule has 3 rings (SSSR count). The number of nitrogens with zero attached hydrogens (tertiary/aromatic N) is 1. The summed E-state index contributed by atoms with van der Waals surface area (Å²) in [5, 5.41) is 3.67. The Morgan fingerprint density at radius 1 is 1.27 bits per heavy atom. The molecule has 0 unspecified atom stereocenters. The molecule has 132 valence electrons. The molecule has 0 aromatic heterocycles. The molecule has 0 saturated carbocycles. The molecule has 0 radical (unpaired) electrons. The number of primary amides is 1. The van der Waals surface area contributed by atoms with Gasteiger partial charge in [0.15, 0.2) is 11.8 Å². The fourth-order valence-electron chi connectivity index (χ4n) is 2.15. The van der Waals surface area contributed by atoms with Gasteiger partial charge in [-0.25, -0.2) is 4.99 Å². The quantitative estimate of drug-likeness (QED) is 0.771. The van der Waals surface area contributed by atoms with Crippen molar-refractivity contribution in [1.29, 1.82) is 0 Å². The van der Waals surface area contributed by atoms with Crippen molar-refractivity contribution in [3.05, 3.63) is 64.0 Å². The van der Waals surface area contributed by atoms with Crippen LogP contribution in [0.2, 0.25) is 5.02 Å². The summed E-state index contributed by atoms with van der Waals surface area (Å²) in [6.45, 7) is -0.266. The number of carbonyl (C=O) groups excluding carboxylic acids is 2. The van der Waals surface area contributed by atoms with E-state index < -0.39 is 5.91 Å². The van der Waals surface area contributed by atoms with Gasteiger partial charge >= 0.3 is 0 Å². The number of ether oxygens (including phenoxy) is 1. The van der Waals surface area contributed by atoms with Crippen LogP contribution in [0.25, 0.3) is 6.08 Å². The van der Waals surface area contributed by atoms with Gasteiger partial charge < -0.3 is 15.8 Å². The van der Waals surface area contributed by atoms with E-state index in [1.165, 1.54) is 11.8 Å². The topological polar surface area (TPSA) is 93.8 Å². The van der Waals surface area contributed by atoms with Crippen molar-refractivity contribution in [2.75, 3.05) is 6.61 Å². The monoisotopic (exact) mass is 387 g/mol. The number of benzene rings is 2. The number of thioether (sulfide) groups is 1. The maximum absolute atomic E-state index is 12.2. The summed E-state index contributed by atoms with van der Waals surface area (Å²) in [4.78, 5) is 28.0. The molecular formula is C18H14ClN3O3S. The van der Waals surface area contributed by atoms with Crippen molar-refractivity contribution in [1.82, 2.24) is 5.32 Å². The zero-order valence-corrected chi connectivity index (χ0v) is 15.0. The predicted molar refractivity (Wildman–Crippen MR) is 103 cm³/mol. The van der Waals surface area contributed by atoms with Gasteiger partial charge in [-0.1, -0.05) is 29.8 Å². The van der Waals surface area contributed by atoms with Crippen LogP contribution >= 0.6 is 23.4 Å². The van der Waals surface area contributed by atoms with Gasteiger partial charge in [-0.15, -0.1) is 0 Å². The van der Waals surface area contributed by atoms with Gasteiger partial charge in [-0.05, 0) is 48.2 Å². The van der Waals surface area contributed by atoms with Crippen molar-refractivity contribution in [2.24, 2.45) is 10.7 Å². The van der Waals surface area contributed by atoms with E-state index in [-0.39, 0.29) is 12.5 Å². The molecule has 0 atom stereocenters. The van der Waals surface area contributed by atoms with Crippen molar-refractivity contribution in [3.8, 4) is 5.75 Å². The molecule has 2 aromatic carbocycles. The van der Waals surface area contributed by atoms with E-state index in [1.54, 1.807) is 24.3 Å². The maximum Gasteiger partial charge on any atom is 0.264 e. The van der Waals surface area contributed by atoms with Gasteiger partial charge in [0.2, 0.25) is 0 Å². The fraction of sp³-hybridized carbons (Fsp3) is 0.0556. The first-order valence-corrected chi connectivity index (χ1v) is 8.76. The van der Waals surface area contributed by atoms with E-state index >= 15 is 0 Å². The SMILES string of the molecule is NC(=O)COc1ccc(Cl)cc1C=C1SC(=Nc2ccccc2)NC1=O. The second kappa shape index (κ2) is 8.07. The van der Waals surface area contributed by atoms with Crippen molar-refractivity contribution in [2.45, 2.75) is 0 Å². The predicted octanol–water partition coefficient (Wildman–Crippen LogP) is 3.10.